The minimum atomic E-state index is -0.377. The monoisotopic (exact) mass is 345 g/mol. The highest BCUT2D eigenvalue weighted by Crippen LogP contribution is 2.23. The predicted molar refractivity (Wildman–Crippen MR) is 92.7 cm³/mol. The van der Waals surface area contributed by atoms with E-state index in [4.69, 9.17) is 10.00 Å². The van der Waals surface area contributed by atoms with E-state index < -0.39 is 0 Å². The lowest BCUT2D eigenvalue weighted by atomic mass is 9.94. The summed E-state index contributed by atoms with van der Waals surface area (Å²) in [5.41, 5.74) is 0.830. The van der Waals surface area contributed by atoms with Gasteiger partial charge in [0.25, 0.3) is 0 Å². The van der Waals surface area contributed by atoms with Gasteiger partial charge < -0.3 is 14.5 Å². The highest BCUT2D eigenvalue weighted by molar-refractivity contribution is 5.76. The fraction of sp³-hybridized carbons (Fsp3) is 0.579. The molecule has 0 radical (unpaired) electrons. The summed E-state index contributed by atoms with van der Waals surface area (Å²) in [5.74, 6) is 0.427. The van der Waals surface area contributed by atoms with Crippen molar-refractivity contribution in [2.75, 3.05) is 44.3 Å². The third-order valence-electron chi connectivity index (χ3n) is 5.16. The Bertz CT molecular complexity index is 645. The average Bonchev–Trinajstić information content (AvgIpc) is 2.67. The lowest BCUT2D eigenvalue weighted by Gasteiger charge is -2.36. The maximum atomic E-state index is 14.1. The van der Waals surface area contributed by atoms with Crippen LogP contribution >= 0.6 is 0 Å². The highest BCUT2D eigenvalue weighted by Gasteiger charge is 2.24. The lowest BCUT2D eigenvalue weighted by molar-refractivity contribution is -0.132. The van der Waals surface area contributed by atoms with Crippen molar-refractivity contribution in [2.24, 2.45) is 5.92 Å². The zero-order chi connectivity index (χ0) is 17.6. The number of anilines is 1. The molecule has 134 valence electrons. The number of rotatable bonds is 4. The molecule has 0 N–H and O–H groups in total. The van der Waals surface area contributed by atoms with Crippen LogP contribution in [0.1, 0.15) is 31.2 Å². The van der Waals surface area contributed by atoms with Crippen LogP contribution in [0.4, 0.5) is 10.1 Å². The summed E-state index contributed by atoms with van der Waals surface area (Å²) in [5, 5.41) is 8.82. The van der Waals surface area contributed by atoms with Crippen molar-refractivity contribution in [2.45, 2.75) is 25.7 Å². The number of nitriles is 1. The summed E-state index contributed by atoms with van der Waals surface area (Å²) in [6.07, 6.45) is 3.64. The number of carbonyl (C=O) groups is 1. The Morgan fingerprint density at radius 2 is 1.96 bits per heavy atom. The van der Waals surface area contributed by atoms with Gasteiger partial charge in [0, 0.05) is 45.8 Å². The van der Waals surface area contributed by atoms with Crippen LogP contribution in [-0.4, -0.2) is 50.2 Å². The van der Waals surface area contributed by atoms with E-state index in [9.17, 15) is 9.18 Å². The van der Waals surface area contributed by atoms with Crippen molar-refractivity contribution < 1.29 is 13.9 Å². The number of amides is 1. The topological polar surface area (TPSA) is 56.6 Å². The lowest BCUT2D eigenvalue weighted by Crippen LogP contribution is -2.49. The molecule has 6 heteroatoms. The maximum absolute atomic E-state index is 14.1. The highest BCUT2D eigenvalue weighted by atomic mass is 19.1. The second-order valence-electron chi connectivity index (χ2n) is 6.74. The van der Waals surface area contributed by atoms with Gasteiger partial charge in [-0.1, -0.05) is 0 Å². The molecule has 2 aliphatic rings. The predicted octanol–water partition coefficient (Wildman–Crippen LogP) is 2.55. The van der Waals surface area contributed by atoms with Gasteiger partial charge in [-0.2, -0.15) is 5.26 Å². The molecule has 0 bridgehead atoms. The van der Waals surface area contributed by atoms with Crippen LogP contribution in [0.2, 0.25) is 0 Å². The molecule has 0 unspecified atom stereocenters. The quantitative estimate of drug-likeness (QED) is 0.841. The van der Waals surface area contributed by atoms with E-state index >= 15 is 0 Å². The minimum absolute atomic E-state index is 0.200. The molecule has 0 atom stereocenters. The van der Waals surface area contributed by atoms with E-state index in [1.165, 1.54) is 6.07 Å². The summed E-state index contributed by atoms with van der Waals surface area (Å²) < 4.78 is 19.5. The van der Waals surface area contributed by atoms with E-state index in [0.717, 1.165) is 32.5 Å². The fourth-order valence-corrected chi connectivity index (χ4v) is 3.55. The van der Waals surface area contributed by atoms with Crippen LogP contribution in [0.5, 0.6) is 0 Å². The zero-order valence-electron chi connectivity index (χ0n) is 14.4. The van der Waals surface area contributed by atoms with Crippen LogP contribution in [-0.2, 0) is 9.53 Å². The van der Waals surface area contributed by atoms with Crippen molar-refractivity contribution in [3.8, 4) is 6.07 Å². The van der Waals surface area contributed by atoms with Crippen molar-refractivity contribution in [1.82, 2.24) is 4.90 Å². The second-order valence-corrected chi connectivity index (χ2v) is 6.74. The Morgan fingerprint density at radius 3 is 2.60 bits per heavy atom. The van der Waals surface area contributed by atoms with Crippen LogP contribution in [0.15, 0.2) is 18.2 Å². The number of ether oxygens (including phenoxy) is 1. The smallest absolute Gasteiger partial charge is 0.222 e. The van der Waals surface area contributed by atoms with Gasteiger partial charge in [0.2, 0.25) is 5.91 Å². The van der Waals surface area contributed by atoms with E-state index in [1.807, 2.05) is 15.9 Å². The molecule has 25 heavy (non-hydrogen) atoms. The first kappa shape index (κ1) is 17.7. The van der Waals surface area contributed by atoms with Gasteiger partial charge in [-0.3, -0.25) is 4.79 Å². The number of benzene rings is 1. The van der Waals surface area contributed by atoms with Crippen LogP contribution in [0.3, 0.4) is 0 Å². The van der Waals surface area contributed by atoms with Crippen molar-refractivity contribution in [1.29, 1.82) is 5.26 Å². The molecule has 2 saturated heterocycles. The molecule has 1 aromatic rings. The Kier molecular flexibility index (Phi) is 5.87. The van der Waals surface area contributed by atoms with E-state index in [1.54, 1.807) is 12.1 Å². The van der Waals surface area contributed by atoms with Crippen molar-refractivity contribution in [3.63, 3.8) is 0 Å². The molecule has 1 amide bonds. The Balaban J connectivity index is 1.48. The molecule has 0 aromatic heterocycles. The van der Waals surface area contributed by atoms with Gasteiger partial charge >= 0.3 is 0 Å². The standard InChI is InChI=1S/C19H24FN3O2/c20-17-13-16(14-21)1-3-18(17)22-7-9-23(10-8-22)19(24)4-2-15-5-11-25-12-6-15/h1,3,13,15H,2,4-12H2. The number of piperazine rings is 1. The number of nitrogens with zero attached hydrogens (tertiary/aromatic N) is 3. The SMILES string of the molecule is N#Cc1ccc(N2CCN(C(=O)CCC3CCOCC3)CC2)c(F)c1. The van der Waals surface area contributed by atoms with E-state index in [0.29, 0.717) is 49.8 Å². The molecular formula is C19H24FN3O2. The second kappa shape index (κ2) is 8.30. The Hall–Kier alpha value is -2.13. The third kappa shape index (κ3) is 4.49. The normalized spacial score (nSPS) is 18.9. The molecule has 0 saturated carbocycles. The van der Waals surface area contributed by atoms with Crippen LogP contribution in [0.25, 0.3) is 0 Å². The number of hydrogen-bond acceptors (Lipinski definition) is 4. The Morgan fingerprint density at radius 1 is 1.24 bits per heavy atom. The van der Waals surface area contributed by atoms with E-state index in [-0.39, 0.29) is 11.7 Å². The molecule has 1 aromatic carbocycles. The van der Waals surface area contributed by atoms with Crippen LogP contribution < -0.4 is 4.90 Å². The fourth-order valence-electron chi connectivity index (χ4n) is 3.55. The van der Waals surface area contributed by atoms with Gasteiger partial charge in [0.05, 0.1) is 17.3 Å². The molecule has 2 aliphatic heterocycles. The van der Waals surface area contributed by atoms with Crippen LogP contribution in [0, 0.1) is 23.1 Å². The summed E-state index contributed by atoms with van der Waals surface area (Å²) in [6, 6.07) is 6.48. The number of halogens is 1. The Labute approximate surface area is 148 Å². The van der Waals surface area contributed by atoms with Gasteiger partial charge in [0.15, 0.2) is 0 Å². The summed E-state index contributed by atoms with van der Waals surface area (Å²) in [7, 11) is 0. The number of carbonyl (C=O) groups excluding carboxylic acids is 1. The third-order valence-corrected chi connectivity index (χ3v) is 5.16. The molecule has 0 spiro atoms. The van der Waals surface area contributed by atoms with E-state index in [2.05, 4.69) is 0 Å². The average molecular weight is 345 g/mol. The van der Waals surface area contributed by atoms with Crippen molar-refractivity contribution in [3.05, 3.63) is 29.6 Å². The molecule has 0 aliphatic carbocycles. The summed E-state index contributed by atoms with van der Waals surface area (Å²) in [6.45, 7) is 4.09. The molecule has 5 nitrogen and oxygen atoms in total. The summed E-state index contributed by atoms with van der Waals surface area (Å²) >= 11 is 0. The zero-order valence-corrected chi connectivity index (χ0v) is 14.4. The van der Waals surface area contributed by atoms with Gasteiger partial charge in [-0.15, -0.1) is 0 Å². The summed E-state index contributed by atoms with van der Waals surface area (Å²) in [4.78, 5) is 16.2. The number of hydrogen-bond donors (Lipinski definition) is 0. The maximum Gasteiger partial charge on any atom is 0.222 e. The van der Waals surface area contributed by atoms with Crippen molar-refractivity contribution >= 4 is 11.6 Å². The van der Waals surface area contributed by atoms with Gasteiger partial charge in [-0.05, 0) is 43.4 Å². The largest absolute Gasteiger partial charge is 0.381 e. The molecule has 2 heterocycles. The molecule has 2 fully saturated rings. The minimum Gasteiger partial charge on any atom is -0.381 e. The first-order chi connectivity index (χ1) is 12.2. The first-order valence-corrected chi connectivity index (χ1v) is 8.97. The molecule has 3 rings (SSSR count). The van der Waals surface area contributed by atoms with Gasteiger partial charge in [-0.25, -0.2) is 4.39 Å². The molecular weight excluding hydrogens is 321 g/mol. The first-order valence-electron chi connectivity index (χ1n) is 8.97. The van der Waals surface area contributed by atoms with Gasteiger partial charge in [0.1, 0.15) is 5.82 Å².